The fraction of sp³-hybridized carbons (Fsp3) is 0.211. The molecule has 2 aromatic carbocycles. The molecule has 1 saturated carbocycles. The van der Waals surface area contributed by atoms with Crippen LogP contribution in [0.25, 0.3) is 11.4 Å². The normalized spacial score (nSPS) is 14.0. The lowest BCUT2D eigenvalue weighted by Crippen LogP contribution is -1.94. The van der Waals surface area contributed by atoms with E-state index in [1.165, 1.54) is 24.1 Å². The molecule has 1 aliphatic carbocycles. The molecule has 22 heavy (non-hydrogen) atoms. The average Bonchev–Trinajstić information content (AvgIpc) is 3.32. The molecule has 3 heteroatoms. The van der Waals surface area contributed by atoms with Crippen molar-refractivity contribution >= 4 is 0 Å². The van der Waals surface area contributed by atoms with Gasteiger partial charge in [-0.05, 0) is 42.7 Å². The number of H-pyrrole nitrogens is 1. The van der Waals surface area contributed by atoms with E-state index < -0.39 is 0 Å². The first-order valence-electron chi connectivity index (χ1n) is 7.70. The van der Waals surface area contributed by atoms with Crippen molar-refractivity contribution in [1.29, 1.82) is 0 Å². The van der Waals surface area contributed by atoms with Crippen molar-refractivity contribution in [3.8, 4) is 17.1 Å². The summed E-state index contributed by atoms with van der Waals surface area (Å²) in [6.07, 6.45) is 4.54. The van der Waals surface area contributed by atoms with Gasteiger partial charge in [0, 0.05) is 23.4 Å². The second-order valence-corrected chi connectivity index (χ2v) is 5.76. The lowest BCUT2D eigenvalue weighted by molar-refractivity contribution is 0.306. The van der Waals surface area contributed by atoms with Crippen molar-refractivity contribution in [2.75, 3.05) is 0 Å². The van der Waals surface area contributed by atoms with E-state index in [9.17, 15) is 0 Å². The predicted molar refractivity (Wildman–Crippen MR) is 86.8 cm³/mol. The Kier molecular flexibility index (Phi) is 3.39. The summed E-state index contributed by atoms with van der Waals surface area (Å²) in [4.78, 5) is 7.89. The van der Waals surface area contributed by atoms with Gasteiger partial charge in [-0.3, -0.25) is 0 Å². The molecular formula is C19H18N2O. The third-order valence-corrected chi connectivity index (χ3v) is 3.99. The first-order chi connectivity index (χ1) is 10.9. The fourth-order valence-corrected chi connectivity index (χ4v) is 2.53. The summed E-state index contributed by atoms with van der Waals surface area (Å²) >= 11 is 0. The number of aromatic amines is 1. The van der Waals surface area contributed by atoms with Gasteiger partial charge in [0.15, 0.2) is 0 Å². The maximum absolute atomic E-state index is 5.81. The molecule has 3 nitrogen and oxygen atoms in total. The number of hydrogen-bond acceptors (Lipinski definition) is 2. The summed E-state index contributed by atoms with van der Waals surface area (Å²) in [7, 11) is 0. The van der Waals surface area contributed by atoms with E-state index in [2.05, 4.69) is 34.2 Å². The third kappa shape index (κ3) is 2.89. The van der Waals surface area contributed by atoms with Crippen molar-refractivity contribution in [3.63, 3.8) is 0 Å². The molecule has 0 amide bonds. The molecular weight excluding hydrogens is 272 g/mol. The van der Waals surface area contributed by atoms with Crippen LogP contribution in [0.5, 0.6) is 5.75 Å². The van der Waals surface area contributed by atoms with Crippen LogP contribution in [0, 0.1) is 0 Å². The second-order valence-electron chi connectivity index (χ2n) is 5.76. The quantitative estimate of drug-likeness (QED) is 0.749. The van der Waals surface area contributed by atoms with Gasteiger partial charge in [0.05, 0.1) is 0 Å². The topological polar surface area (TPSA) is 37.9 Å². The maximum Gasteiger partial charge on any atom is 0.137 e. The SMILES string of the molecule is c1ccc(COc2ccc(-c3ncc(C4CC4)[nH]3)cc2)cc1. The highest BCUT2D eigenvalue weighted by molar-refractivity contribution is 5.56. The van der Waals surface area contributed by atoms with Crippen molar-refractivity contribution < 1.29 is 4.74 Å². The number of nitrogens with one attached hydrogen (secondary N) is 1. The Morgan fingerprint density at radius 1 is 1.00 bits per heavy atom. The van der Waals surface area contributed by atoms with Gasteiger partial charge in [-0.2, -0.15) is 0 Å². The summed E-state index contributed by atoms with van der Waals surface area (Å²) in [5, 5.41) is 0. The molecule has 1 N–H and O–H groups in total. The van der Waals surface area contributed by atoms with E-state index >= 15 is 0 Å². The van der Waals surface area contributed by atoms with Gasteiger partial charge in [-0.1, -0.05) is 30.3 Å². The molecule has 1 aromatic heterocycles. The largest absolute Gasteiger partial charge is 0.489 e. The van der Waals surface area contributed by atoms with Crippen LogP contribution in [0.2, 0.25) is 0 Å². The molecule has 0 bridgehead atoms. The molecule has 1 heterocycles. The van der Waals surface area contributed by atoms with Crippen LogP contribution >= 0.6 is 0 Å². The second kappa shape index (κ2) is 5.68. The molecule has 3 aromatic rings. The molecule has 1 aliphatic rings. The number of nitrogens with zero attached hydrogens (tertiary/aromatic N) is 1. The van der Waals surface area contributed by atoms with Crippen LogP contribution in [0.15, 0.2) is 60.8 Å². The Morgan fingerprint density at radius 2 is 1.77 bits per heavy atom. The highest BCUT2D eigenvalue weighted by Crippen LogP contribution is 2.39. The number of benzene rings is 2. The zero-order valence-electron chi connectivity index (χ0n) is 12.3. The molecule has 4 rings (SSSR count). The van der Waals surface area contributed by atoms with E-state index in [1.54, 1.807) is 0 Å². The minimum Gasteiger partial charge on any atom is -0.489 e. The summed E-state index contributed by atoms with van der Waals surface area (Å²) in [5.74, 6) is 2.52. The molecule has 0 radical (unpaired) electrons. The monoisotopic (exact) mass is 290 g/mol. The third-order valence-electron chi connectivity index (χ3n) is 3.99. The molecule has 110 valence electrons. The van der Waals surface area contributed by atoms with Crippen LogP contribution in [-0.4, -0.2) is 9.97 Å². The number of aromatic nitrogens is 2. The molecule has 0 saturated heterocycles. The first-order valence-corrected chi connectivity index (χ1v) is 7.70. The molecule has 0 spiro atoms. The Labute approximate surface area is 130 Å². The van der Waals surface area contributed by atoms with Crippen LogP contribution in [0.4, 0.5) is 0 Å². The van der Waals surface area contributed by atoms with Crippen molar-refractivity contribution in [1.82, 2.24) is 9.97 Å². The first kappa shape index (κ1) is 13.1. The zero-order valence-corrected chi connectivity index (χ0v) is 12.3. The van der Waals surface area contributed by atoms with E-state index in [0.717, 1.165) is 17.1 Å². The minimum atomic E-state index is 0.590. The standard InChI is InChI=1S/C19H18N2O/c1-2-4-14(5-3-1)13-22-17-10-8-16(9-11-17)19-20-12-18(21-19)15-6-7-15/h1-5,8-12,15H,6-7,13H2,(H,20,21). The fourth-order valence-electron chi connectivity index (χ4n) is 2.53. The number of hydrogen-bond donors (Lipinski definition) is 1. The molecule has 0 aliphatic heterocycles. The van der Waals surface area contributed by atoms with Crippen LogP contribution in [0.1, 0.15) is 30.0 Å². The summed E-state index contributed by atoms with van der Waals surface area (Å²) in [6, 6.07) is 18.3. The Balaban J connectivity index is 1.43. The van der Waals surface area contributed by atoms with E-state index in [1.807, 2.05) is 36.5 Å². The van der Waals surface area contributed by atoms with Crippen LogP contribution in [0.3, 0.4) is 0 Å². The number of ether oxygens (including phenoxy) is 1. The molecule has 0 unspecified atom stereocenters. The lowest BCUT2D eigenvalue weighted by atomic mass is 10.2. The van der Waals surface area contributed by atoms with Gasteiger partial charge >= 0.3 is 0 Å². The van der Waals surface area contributed by atoms with Gasteiger partial charge in [0.2, 0.25) is 0 Å². The maximum atomic E-state index is 5.81. The Hall–Kier alpha value is -2.55. The van der Waals surface area contributed by atoms with Crippen LogP contribution < -0.4 is 4.74 Å². The van der Waals surface area contributed by atoms with E-state index in [0.29, 0.717) is 12.5 Å². The average molecular weight is 290 g/mol. The Bertz CT molecular complexity index is 743. The Morgan fingerprint density at radius 3 is 2.50 bits per heavy atom. The minimum absolute atomic E-state index is 0.590. The molecule has 0 atom stereocenters. The summed E-state index contributed by atoms with van der Waals surface area (Å²) < 4.78 is 5.81. The van der Waals surface area contributed by atoms with Crippen molar-refractivity contribution in [2.24, 2.45) is 0 Å². The van der Waals surface area contributed by atoms with Gasteiger partial charge in [-0.15, -0.1) is 0 Å². The van der Waals surface area contributed by atoms with E-state index in [-0.39, 0.29) is 0 Å². The summed E-state index contributed by atoms with van der Waals surface area (Å²) in [5.41, 5.74) is 3.53. The molecule has 1 fully saturated rings. The van der Waals surface area contributed by atoms with E-state index in [4.69, 9.17) is 4.74 Å². The van der Waals surface area contributed by atoms with Crippen molar-refractivity contribution in [3.05, 3.63) is 72.1 Å². The number of rotatable bonds is 5. The number of imidazole rings is 1. The van der Waals surface area contributed by atoms with Gasteiger partial charge in [0.1, 0.15) is 18.2 Å². The van der Waals surface area contributed by atoms with Crippen LogP contribution in [-0.2, 0) is 6.61 Å². The summed E-state index contributed by atoms with van der Waals surface area (Å²) in [6.45, 7) is 0.590. The van der Waals surface area contributed by atoms with Crippen molar-refractivity contribution in [2.45, 2.75) is 25.4 Å². The highest BCUT2D eigenvalue weighted by atomic mass is 16.5. The predicted octanol–water partition coefficient (Wildman–Crippen LogP) is 4.53. The van der Waals surface area contributed by atoms with Gasteiger partial charge in [0.25, 0.3) is 0 Å². The zero-order chi connectivity index (χ0) is 14.8. The van der Waals surface area contributed by atoms with Gasteiger partial charge in [-0.25, -0.2) is 4.98 Å². The van der Waals surface area contributed by atoms with Gasteiger partial charge < -0.3 is 9.72 Å². The lowest BCUT2D eigenvalue weighted by Gasteiger charge is -2.06. The highest BCUT2D eigenvalue weighted by Gasteiger charge is 2.25. The smallest absolute Gasteiger partial charge is 0.137 e.